The highest BCUT2D eigenvalue weighted by atomic mass is 16.3. The van der Waals surface area contributed by atoms with Crippen molar-refractivity contribution in [1.82, 2.24) is 14.8 Å². The van der Waals surface area contributed by atoms with E-state index in [1.165, 1.54) is 6.08 Å². The number of likely N-dealkylation sites (N-methyl/N-ethyl adjacent to an activating group) is 1. The number of nitrogens with one attached hydrogen (secondary N) is 1. The number of aromatic nitrogens is 1. The van der Waals surface area contributed by atoms with Crippen LogP contribution in [0.4, 0.5) is 5.82 Å². The maximum absolute atomic E-state index is 11.8. The van der Waals surface area contributed by atoms with Gasteiger partial charge in [-0.15, -0.1) is 0 Å². The van der Waals surface area contributed by atoms with Gasteiger partial charge in [-0.05, 0) is 43.8 Å². The number of nitrogens with two attached hydrogens (primary N) is 2. The largest absolute Gasteiger partial charge is 0.507 e. The lowest BCUT2D eigenvalue weighted by Gasteiger charge is -2.51. The molecule has 2 saturated heterocycles. The normalized spacial score (nSPS) is 21.3. The molecule has 2 aliphatic rings. The fraction of sp³-hybridized carbons (Fsp3) is 0.318. The minimum atomic E-state index is -0.0105. The SMILES string of the molecule is C=CC(=O)N1CC2(CC(c3cc(/C=C(\N)c4ccccc4O)c(N)[nH]3)CN2C)C1. The van der Waals surface area contributed by atoms with Crippen molar-refractivity contribution in [3.63, 3.8) is 0 Å². The van der Waals surface area contributed by atoms with Crippen LogP contribution < -0.4 is 11.5 Å². The summed E-state index contributed by atoms with van der Waals surface area (Å²) in [5, 5.41) is 10.0. The fourth-order valence-electron chi connectivity index (χ4n) is 4.54. The summed E-state index contributed by atoms with van der Waals surface area (Å²) < 4.78 is 0. The molecule has 29 heavy (non-hydrogen) atoms. The quantitative estimate of drug-likeness (QED) is 0.593. The highest BCUT2D eigenvalue weighted by Crippen LogP contribution is 2.43. The van der Waals surface area contributed by atoms with Crippen LogP contribution in [-0.2, 0) is 4.79 Å². The van der Waals surface area contributed by atoms with E-state index in [1.54, 1.807) is 24.3 Å². The summed E-state index contributed by atoms with van der Waals surface area (Å²) in [6.07, 6.45) is 4.12. The molecule has 1 spiro atoms. The second-order valence-electron chi connectivity index (χ2n) is 8.11. The lowest BCUT2D eigenvalue weighted by molar-refractivity contribution is -0.137. The predicted octanol–water partition coefficient (Wildman–Crippen LogP) is 1.95. The molecule has 1 unspecified atom stereocenters. The van der Waals surface area contributed by atoms with Crippen LogP contribution in [0.15, 0.2) is 43.0 Å². The van der Waals surface area contributed by atoms with Gasteiger partial charge in [0.05, 0.1) is 5.54 Å². The molecule has 1 atom stereocenters. The van der Waals surface area contributed by atoms with E-state index in [-0.39, 0.29) is 17.2 Å². The number of hydrogen-bond donors (Lipinski definition) is 4. The number of amides is 1. The Balaban J connectivity index is 1.52. The Morgan fingerprint density at radius 2 is 2.10 bits per heavy atom. The van der Waals surface area contributed by atoms with Crippen LogP contribution in [0.25, 0.3) is 11.8 Å². The van der Waals surface area contributed by atoms with Gasteiger partial charge in [0.15, 0.2) is 0 Å². The van der Waals surface area contributed by atoms with Gasteiger partial charge in [-0.2, -0.15) is 0 Å². The van der Waals surface area contributed by atoms with Crippen LogP contribution in [0.2, 0.25) is 0 Å². The first-order valence-corrected chi connectivity index (χ1v) is 9.69. The molecule has 152 valence electrons. The van der Waals surface area contributed by atoms with Crippen LogP contribution in [0.5, 0.6) is 5.75 Å². The molecule has 2 aliphatic heterocycles. The Morgan fingerprint density at radius 1 is 1.38 bits per heavy atom. The maximum Gasteiger partial charge on any atom is 0.246 e. The number of phenolic OH excluding ortho intramolecular Hbond substituents is 1. The van der Waals surface area contributed by atoms with E-state index in [2.05, 4.69) is 23.5 Å². The molecule has 0 radical (unpaired) electrons. The van der Waals surface area contributed by atoms with Crippen molar-refractivity contribution in [2.75, 3.05) is 32.4 Å². The third-order valence-corrected chi connectivity index (χ3v) is 6.25. The molecule has 6 N–H and O–H groups in total. The zero-order chi connectivity index (χ0) is 20.8. The van der Waals surface area contributed by atoms with E-state index in [0.717, 1.165) is 37.3 Å². The molecule has 2 fully saturated rings. The minimum Gasteiger partial charge on any atom is -0.507 e. The van der Waals surface area contributed by atoms with Gasteiger partial charge in [-0.1, -0.05) is 18.7 Å². The first kappa shape index (κ1) is 19.1. The highest BCUT2D eigenvalue weighted by Gasteiger charge is 2.53. The van der Waals surface area contributed by atoms with Gasteiger partial charge in [0.1, 0.15) is 11.6 Å². The van der Waals surface area contributed by atoms with Crippen molar-refractivity contribution in [2.45, 2.75) is 17.9 Å². The Kier molecular flexibility index (Phi) is 4.62. The number of anilines is 1. The first-order chi connectivity index (χ1) is 13.8. The number of para-hydroxylation sites is 1. The van der Waals surface area contributed by atoms with Crippen LogP contribution >= 0.6 is 0 Å². The average Bonchev–Trinajstić information content (AvgIpc) is 3.20. The summed E-state index contributed by atoms with van der Waals surface area (Å²) in [7, 11) is 2.11. The number of H-pyrrole nitrogens is 1. The molecule has 0 saturated carbocycles. The van der Waals surface area contributed by atoms with Crippen molar-refractivity contribution >= 4 is 23.5 Å². The molecule has 7 nitrogen and oxygen atoms in total. The zero-order valence-electron chi connectivity index (χ0n) is 16.6. The predicted molar refractivity (Wildman–Crippen MR) is 115 cm³/mol. The third kappa shape index (κ3) is 3.27. The van der Waals surface area contributed by atoms with Crippen LogP contribution in [0.3, 0.4) is 0 Å². The van der Waals surface area contributed by atoms with Gasteiger partial charge in [-0.3, -0.25) is 9.69 Å². The molecule has 4 rings (SSSR count). The summed E-state index contributed by atoms with van der Waals surface area (Å²) >= 11 is 0. The maximum atomic E-state index is 11.8. The molecule has 2 aromatic rings. The molecule has 1 amide bonds. The van der Waals surface area contributed by atoms with Crippen molar-refractivity contribution in [3.05, 3.63) is 59.8 Å². The van der Waals surface area contributed by atoms with Crippen molar-refractivity contribution < 1.29 is 9.90 Å². The number of carbonyl (C=O) groups excluding carboxylic acids is 1. The Hall–Kier alpha value is -3.19. The van der Waals surface area contributed by atoms with E-state index in [4.69, 9.17) is 11.5 Å². The molecule has 1 aromatic carbocycles. The molecule has 1 aromatic heterocycles. The number of hydrogen-bond acceptors (Lipinski definition) is 5. The van der Waals surface area contributed by atoms with Crippen LogP contribution in [0, 0.1) is 0 Å². The molecule has 0 bridgehead atoms. The first-order valence-electron chi connectivity index (χ1n) is 9.69. The van der Waals surface area contributed by atoms with E-state index in [9.17, 15) is 9.90 Å². The standard InChI is InChI=1S/C22H27N5O2/c1-3-20(29)27-12-22(13-27)10-15(11-26(22)2)18-9-14(21(24)25-18)8-17(23)16-6-4-5-7-19(16)28/h3-9,15,25,28H,1,10-13,23-24H2,2H3/b17-8-. The minimum absolute atomic E-state index is 0.0105. The molecule has 7 heteroatoms. The van der Waals surface area contributed by atoms with E-state index < -0.39 is 0 Å². The number of nitrogen functional groups attached to an aromatic ring is 1. The lowest BCUT2D eigenvalue weighted by atomic mass is 9.83. The monoisotopic (exact) mass is 393 g/mol. The number of rotatable bonds is 4. The molecular formula is C22H27N5O2. The van der Waals surface area contributed by atoms with Gasteiger partial charge < -0.3 is 26.5 Å². The summed E-state index contributed by atoms with van der Waals surface area (Å²) in [6, 6.07) is 8.99. The van der Waals surface area contributed by atoms with Crippen LogP contribution in [0.1, 0.15) is 29.2 Å². The fourth-order valence-corrected chi connectivity index (χ4v) is 4.54. The Labute approximate surface area is 170 Å². The van der Waals surface area contributed by atoms with Crippen molar-refractivity contribution in [2.24, 2.45) is 5.73 Å². The number of aromatic amines is 1. The second kappa shape index (κ2) is 7.00. The smallest absolute Gasteiger partial charge is 0.246 e. The van der Waals surface area contributed by atoms with Crippen molar-refractivity contribution in [3.8, 4) is 5.75 Å². The number of carbonyl (C=O) groups is 1. The summed E-state index contributed by atoms with van der Waals surface area (Å²) in [5.74, 6) is 0.984. The molecule has 0 aliphatic carbocycles. The Bertz CT molecular complexity index is 987. The highest BCUT2D eigenvalue weighted by molar-refractivity contribution is 5.88. The van der Waals surface area contributed by atoms with Crippen LogP contribution in [-0.4, -0.2) is 58.0 Å². The average molecular weight is 393 g/mol. The van der Waals surface area contributed by atoms with Gasteiger partial charge in [0.2, 0.25) is 5.91 Å². The zero-order valence-corrected chi connectivity index (χ0v) is 16.6. The lowest BCUT2D eigenvalue weighted by Crippen LogP contribution is -2.67. The van der Waals surface area contributed by atoms with E-state index in [1.807, 2.05) is 17.0 Å². The second-order valence-corrected chi connectivity index (χ2v) is 8.11. The van der Waals surface area contributed by atoms with E-state index >= 15 is 0 Å². The Morgan fingerprint density at radius 3 is 2.79 bits per heavy atom. The number of phenols is 1. The summed E-state index contributed by atoms with van der Waals surface area (Å²) in [4.78, 5) is 19.3. The number of nitrogens with zero attached hydrogens (tertiary/aromatic N) is 2. The van der Waals surface area contributed by atoms with Gasteiger partial charge >= 0.3 is 0 Å². The summed E-state index contributed by atoms with van der Waals surface area (Å²) in [5.41, 5.74) is 15.3. The number of likely N-dealkylation sites (tertiary alicyclic amines) is 2. The molecule has 3 heterocycles. The van der Waals surface area contributed by atoms with E-state index in [0.29, 0.717) is 23.0 Å². The number of aromatic hydroxyl groups is 1. The van der Waals surface area contributed by atoms with Gasteiger partial charge in [-0.25, -0.2) is 0 Å². The van der Waals surface area contributed by atoms with Gasteiger partial charge in [0, 0.05) is 48.1 Å². The topological polar surface area (TPSA) is 112 Å². The summed E-state index contributed by atoms with van der Waals surface area (Å²) in [6.45, 7) is 5.93. The number of benzene rings is 1. The third-order valence-electron chi connectivity index (χ3n) is 6.25. The van der Waals surface area contributed by atoms with Gasteiger partial charge in [0.25, 0.3) is 0 Å². The molecular weight excluding hydrogens is 366 g/mol. The van der Waals surface area contributed by atoms with Crippen molar-refractivity contribution in [1.29, 1.82) is 0 Å².